The van der Waals surface area contributed by atoms with Gasteiger partial charge in [-0.2, -0.15) is 0 Å². The minimum absolute atomic E-state index is 0.0938. The Bertz CT molecular complexity index is 813. The van der Waals surface area contributed by atoms with Gasteiger partial charge < -0.3 is 19.1 Å². The Balaban J connectivity index is 1.34. The van der Waals surface area contributed by atoms with Crippen molar-refractivity contribution in [1.29, 1.82) is 0 Å². The van der Waals surface area contributed by atoms with Gasteiger partial charge in [0.15, 0.2) is 5.76 Å². The second kappa shape index (κ2) is 8.00. The fourth-order valence-corrected chi connectivity index (χ4v) is 3.82. The highest BCUT2D eigenvalue weighted by atomic mass is 16.3. The van der Waals surface area contributed by atoms with Gasteiger partial charge in [0.25, 0.3) is 11.8 Å². The molecule has 4 rings (SSSR count). The molecule has 2 fully saturated rings. The molecule has 0 saturated carbocycles. The number of amides is 2. The van der Waals surface area contributed by atoms with Crippen molar-refractivity contribution in [2.75, 3.05) is 44.2 Å². The van der Waals surface area contributed by atoms with Gasteiger partial charge in [-0.3, -0.25) is 9.59 Å². The fraction of sp³-hybridized carbons (Fsp3) is 0.500. The second-order valence-electron chi connectivity index (χ2n) is 7.53. The average Bonchev–Trinajstić information content (AvgIpc) is 3.28. The summed E-state index contributed by atoms with van der Waals surface area (Å²) in [4.78, 5) is 39.6. The summed E-state index contributed by atoms with van der Waals surface area (Å²) >= 11 is 0. The van der Waals surface area contributed by atoms with Crippen molar-refractivity contribution in [2.45, 2.75) is 19.8 Å². The molecule has 4 heterocycles. The fourth-order valence-electron chi connectivity index (χ4n) is 3.82. The van der Waals surface area contributed by atoms with E-state index in [1.54, 1.807) is 34.3 Å². The summed E-state index contributed by atoms with van der Waals surface area (Å²) in [5.41, 5.74) is 0.486. The molecular formula is C20H25N5O3. The predicted molar refractivity (Wildman–Crippen MR) is 103 cm³/mol. The largest absolute Gasteiger partial charge is 0.459 e. The van der Waals surface area contributed by atoms with E-state index in [1.165, 1.54) is 12.7 Å². The van der Waals surface area contributed by atoms with Gasteiger partial charge in [0.05, 0.1) is 11.8 Å². The number of furan rings is 1. The highest BCUT2D eigenvalue weighted by Gasteiger charge is 2.27. The maximum atomic E-state index is 12.8. The number of aromatic nitrogens is 2. The summed E-state index contributed by atoms with van der Waals surface area (Å²) in [5.74, 6) is 1.43. The van der Waals surface area contributed by atoms with E-state index in [0.29, 0.717) is 49.4 Å². The van der Waals surface area contributed by atoms with E-state index in [4.69, 9.17) is 4.42 Å². The molecule has 1 unspecified atom stereocenters. The van der Waals surface area contributed by atoms with Crippen LogP contribution < -0.4 is 4.90 Å². The molecule has 0 spiro atoms. The van der Waals surface area contributed by atoms with Gasteiger partial charge in [-0.15, -0.1) is 0 Å². The SMILES string of the molecule is CC1CCCN(c2ncc(C(=O)N3CCN(C(=O)c4ccco4)CC3)cn2)C1. The molecular weight excluding hydrogens is 358 g/mol. The number of piperidine rings is 1. The summed E-state index contributed by atoms with van der Waals surface area (Å²) in [7, 11) is 0. The predicted octanol–water partition coefficient (Wildman–Crippen LogP) is 1.90. The Morgan fingerprint density at radius 3 is 2.32 bits per heavy atom. The van der Waals surface area contributed by atoms with Crippen LogP contribution in [0.15, 0.2) is 35.2 Å². The molecule has 0 aromatic carbocycles. The van der Waals surface area contributed by atoms with Gasteiger partial charge in [-0.1, -0.05) is 6.92 Å². The van der Waals surface area contributed by atoms with Crippen LogP contribution >= 0.6 is 0 Å². The molecule has 0 bridgehead atoms. The monoisotopic (exact) mass is 383 g/mol. The molecule has 2 aliphatic rings. The van der Waals surface area contributed by atoms with Gasteiger partial charge in [-0.05, 0) is 30.9 Å². The Hall–Kier alpha value is -2.90. The van der Waals surface area contributed by atoms with Crippen LogP contribution in [-0.4, -0.2) is 70.9 Å². The van der Waals surface area contributed by atoms with Crippen molar-refractivity contribution < 1.29 is 14.0 Å². The van der Waals surface area contributed by atoms with E-state index in [9.17, 15) is 9.59 Å². The topological polar surface area (TPSA) is 82.8 Å². The summed E-state index contributed by atoms with van der Waals surface area (Å²) in [6, 6.07) is 3.35. The molecule has 8 nitrogen and oxygen atoms in total. The van der Waals surface area contributed by atoms with E-state index < -0.39 is 0 Å². The van der Waals surface area contributed by atoms with Crippen LogP contribution in [0.3, 0.4) is 0 Å². The number of hydrogen-bond acceptors (Lipinski definition) is 6. The van der Waals surface area contributed by atoms with Crippen LogP contribution in [-0.2, 0) is 0 Å². The van der Waals surface area contributed by atoms with Crippen molar-refractivity contribution in [2.24, 2.45) is 5.92 Å². The van der Waals surface area contributed by atoms with Gasteiger partial charge >= 0.3 is 0 Å². The van der Waals surface area contributed by atoms with Crippen LogP contribution in [0, 0.1) is 5.92 Å². The number of carbonyl (C=O) groups excluding carboxylic acids is 2. The number of rotatable bonds is 3. The summed E-state index contributed by atoms with van der Waals surface area (Å²) in [6.07, 6.45) is 7.10. The van der Waals surface area contributed by atoms with Crippen molar-refractivity contribution in [3.05, 3.63) is 42.1 Å². The van der Waals surface area contributed by atoms with Crippen LogP contribution in [0.5, 0.6) is 0 Å². The third kappa shape index (κ3) is 3.85. The Morgan fingerprint density at radius 1 is 1.04 bits per heavy atom. The van der Waals surface area contributed by atoms with E-state index in [2.05, 4.69) is 21.8 Å². The smallest absolute Gasteiger partial charge is 0.289 e. The van der Waals surface area contributed by atoms with Crippen molar-refractivity contribution in [3.8, 4) is 0 Å². The first kappa shape index (κ1) is 18.5. The normalized spacial score (nSPS) is 20.3. The molecule has 148 valence electrons. The van der Waals surface area contributed by atoms with Crippen molar-refractivity contribution >= 4 is 17.8 Å². The maximum Gasteiger partial charge on any atom is 0.289 e. The molecule has 2 amide bonds. The van der Waals surface area contributed by atoms with Crippen LogP contribution in [0.4, 0.5) is 5.95 Å². The number of hydrogen-bond donors (Lipinski definition) is 0. The summed E-state index contributed by atoms with van der Waals surface area (Å²) in [5, 5.41) is 0. The van der Waals surface area contributed by atoms with Gasteiger partial charge in [0.2, 0.25) is 5.95 Å². The molecule has 2 aromatic rings. The lowest BCUT2D eigenvalue weighted by Crippen LogP contribution is -2.50. The molecule has 0 radical (unpaired) electrons. The second-order valence-corrected chi connectivity index (χ2v) is 7.53. The van der Waals surface area contributed by atoms with Gasteiger partial charge in [0.1, 0.15) is 0 Å². The quantitative estimate of drug-likeness (QED) is 0.805. The van der Waals surface area contributed by atoms with Crippen molar-refractivity contribution in [1.82, 2.24) is 19.8 Å². The lowest BCUT2D eigenvalue weighted by Gasteiger charge is -2.34. The zero-order valence-corrected chi connectivity index (χ0v) is 16.1. The number of piperazine rings is 1. The first-order valence-electron chi connectivity index (χ1n) is 9.81. The maximum absolute atomic E-state index is 12.8. The van der Waals surface area contributed by atoms with Crippen LogP contribution in [0.2, 0.25) is 0 Å². The molecule has 2 aliphatic heterocycles. The molecule has 0 N–H and O–H groups in total. The van der Waals surface area contributed by atoms with E-state index >= 15 is 0 Å². The summed E-state index contributed by atoms with van der Waals surface area (Å²) in [6.45, 7) is 6.08. The van der Waals surface area contributed by atoms with E-state index in [1.807, 2.05) is 0 Å². The lowest BCUT2D eigenvalue weighted by atomic mass is 10.0. The molecule has 2 saturated heterocycles. The average molecular weight is 383 g/mol. The minimum atomic E-state index is -0.138. The van der Waals surface area contributed by atoms with Gasteiger partial charge in [0, 0.05) is 51.7 Å². The summed E-state index contributed by atoms with van der Waals surface area (Å²) < 4.78 is 5.17. The van der Waals surface area contributed by atoms with Crippen LogP contribution in [0.25, 0.3) is 0 Å². The zero-order valence-electron chi connectivity index (χ0n) is 16.1. The molecule has 28 heavy (non-hydrogen) atoms. The third-order valence-corrected chi connectivity index (χ3v) is 5.41. The molecule has 1 atom stereocenters. The standard InChI is InChI=1S/C20H25N5O3/c1-15-4-2-6-25(14-15)20-21-12-16(13-22-20)18(26)23-7-9-24(10-8-23)19(27)17-5-3-11-28-17/h3,5,11-13,15H,2,4,6-10,14H2,1H3. The number of anilines is 1. The van der Waals surface area contributed by atoms with Crippen molar-refractivity contribution in [3.63, 3.8) is 0 Å². The molecule has 2 aromatic heterocycles. The van der Waals surface area contributed by atoms with Crippen LogP contribution in [0.1, 0.15) is 40.7 Å². The molecule has 8 heteroatoms. The Kier molecular flexibility index (Phi) is 5.27. The van der Waals surface area contributed by atoms with E-state index in [-0.39, 0.29) is 11.8 Å². The van der Waals surface area contributed by atoms with Gasteiger partial charge in [-0.25, -0.2) is 9.97 Å². The zero-order chi connectivity index (χ0) is 19.5. The first-order chi connectivity index (χ1) is 13.6. The molecule has 0 aliphatic carbocycles. The Labute approximate surface area is 164 Å². The third-order valence-electron chi connectivity index (χ3n) is 5.41. The number of carbonyl (C=O) groups is 2. The first-order valence-corrected chi connectivity index (χ1v) is 9.81. The Morgan fingerprint density at radius 2 is 1.71 bits per heavy atom. The highest BCUT2D eigenvalue weighted by Crippen LogP contribution is 2.20. The minimum Gasteiger partial charge on any atom is -0.459 e. The lowest BCUT2D eigenvalue weighted by molar-refractivity contribution is 0.0517. The van der Waals surface area contributed by atoms with E-state index in [0.717, 1.165) is 19.5 Å². The highest BCUT2D eigenvalue weighted by molar-refractivity contribution is 5.94. The number of nitrogens with zero attached hydrogens (tertiary/aromatic N) is 5.